The zero-order valence-electron chi connectivity index (χ0n) is 12.7. The molecule has 0 aliphatic heterocycles. The van der Waals surface area contributed by atoms with Gasteiger partial charge < -0.3 is 21.1 Å². The Balaban J connectivity index is -0.000000297. The van der Waals surface area contributed by atoms with E-state index in [9.17, 15) is 14.4 Å². The average Bonchev–Trinajstić information content (AvgIpc) is 2.26. The third-order valence-corrected chi connectivity index (χ3v) is 1.75. The Labute approximate surface area is 129 Å². The number of halogens is 1. The van der Waals surface area contributed by atoms with Crippen molar-refractivity contribution in [3.63, 3.8) is 0 Å². The second kappa shape index (κ2) is 15.0. The van der Waals surface area contributed by atoms with Crippen LogP contribution in [0.5, 0.6) is 0 Å². The summed E-state index contributed by atoms with van der Waals surface area (Å²) < 4.78 is 0. The van der Waals surface area contributed by atoms with E-state index in [-0.39, 0.29) is 25.0 Å². The highest BCUT2D eigenvalue weighted by molar-refractivity contribution is 6.26. The molecule has 0 fully saturated rings. The standard InChI is InChI=1S/C7H13NO4.C3H9N.C2H3ClO2/c1-5(2)8(3-6(9)10)4-7(11)12;1-3(2)4;3-1-2(4)5/h5H,3-4H2,1-2H3,(H,9,10)(H,11,12);3H,4H2,1-2H3;1H2,(H,4,5). The fourth-order valence-electron chi connectivity index (χ4n) is 0.769. The van der Waals surface area contributed by atoms with Crippen molar-refractivity contribution < 1.29 is 29.7 Å². The van der Waals surface area contributed by atoms with Crippen molar-refractivity contribution in [2.75, 3.05) is 19.0 Å². The second-order valence-corrected chi connectivity index (χ2v) is 4.82. The molecule has 0 atom stereocenters. The third-order valence-electron chi connectivity index (χ3n) is 1.52. The lowest BCUT2D eigenvalue weighted by Gasteiger charge is -2.21. The SMILES string of the molecule is CC(C)N.CC(C)N(CC(=O)O)CC(=O)O.O=C(O)CCl. The first kappa shape index (κ1) is 24.6. The molecule has 0 aromatic heterocycles. The number of nitrogens with zero attached hydrogens (tertiary/aromatic N) is 1. The highest BCUT2D eigenvalue weighted by Crippen LogP contribution is 1.96. The van der Waals surface area contributed by atoms with Crippen LogP contribution in [-0.4, -0.2) is 69.2 Å². The summed E-state index contributed by atoms with van der Waals surface area (Å²) in [6, 6.07) is 0.261. The molecule has 9 heteroatoms. The van der Waals surface area contributed by atoms with Gasteiger partial charge in [0.15, 0.2) is 0 Å². The molecular weight excluding hydrogens is 304 g/mol. The molecule has 0 aromatic rings. The van der Waals surface area contributed by atoms with E-state index in [1.807, 2.05) is 13.8 Å². The summed E-state index contributed by atoms with van der Waals surface area (Å²) in [7, 11) is 0. The van der Waals surface area contributed by atoms with Crippen molar-refractivity contribution in [2.24, 2.45) is 5.73 Å². The maximum Gasteiger partial charge on any atom is 0.318 e. The Kier molecular flexibility index (Phi) is 17.6. The minimum Gasteiger partial charge on any atom is -0.480 e. The van der Waals surface area contributed by atoms with Crippen LogP contribution in [0.25, 0.3) is 0 Å². The lowest BCUT2D eigenvalue weighted by Crippen LogP contribution is -2.39. The summed E-state index contributed by atoms with van der Waals surface area (Å²) in [5.74, 6) is -3.30. The van der Waals surface area contributed by atoms with Gasteiger partial charge in [0.2, 0.25) is 0 Å². The summed E-state index contributed by atoms with van der Waals surface area (Å²) in [5, 5.41) is 24.4. The van der Waals surface area contributed by atoms with Crippen LogP contribution >= 0.6 is 11.6 Å². The zero-order chi connectivity index (χ0) is 17.6. The van der Waals surface area contributed by atoms with E-state index in [0.29, 0.717) is 6.04 Å². The average molecular weight is 329 g/mol. The summed E-state index contributed by atoms with van der Waals surface area (Å²) in [5.41, 5.74) is 5.11. The van der Waals surface area contributed by atoms with Gasteiger partial charge in [-0.15, -0.1) is 11.6 Å². The number of aliphatic carboxylic acids is 3. The van der Waals surface area contributed by atoms with Gasteiger partial charge in [0.05, 0.1) is 13.1 Å². The van der Waals surface area contributed by atoms with Gasteiger partial charge in [0, 0.05) is 6.04 Å². The Hall–Kier alpha value is -1.38. The van der Waals surface area contributed by atoms with E-state index in [2.05, 4.69) is 0 Å². The van der Waals surface area contributed by atoms with Crippen LogP contribution in [0.4, 0.5) is 0 Å². The first-order valence-corrected chi connectivity index (χ1v) is 6.68. The minimum absolute atomic E-state index is 0.0720. The van der Waals surface area contributed by atoms with Crippen LogP contribution in [0.1, 0.15) is 27.7 Å². The van der Waals surface area contributed by atoms with Crippen LogP contribution < -0.4 is 5.73 Å². The number of hydrogen-bond donors (Lipinski definition) is 4. The van der Waals surface area contributed by atoms with E-state index in [4.69, 9.17) is 32.7 Å². The van der Waals surface area contributed by atoms with Crippen molar-refractivity contribution in [2.45, 2.75) is 39.8 Å². The fraction of sp³-hybridized carbons (Fsp3) is 0.750. The minimum atomic E-state index is -1.01. The number of alkyl halides is 1. The van der Waals surface area contributed by atoms with Gasteiger partial charge in [-0.25, -0.2) is 0 Å². The molecular formula is C12H25ClN2O6. The van der Waals surface area contributed by atoms with Crippen LogP contribution in [0, 0.1) is 0 Å². The topological polar surface area (TPSA) is 141 Å². The highest BCUT2D eigenvalue weighted by Gasteiger charge is 2.15. The summed E-state index contributed by atoms with van der Waals surface area (Å²) in [6.45, 7) is 6.94. The molecule has 0 aliphatic carbocycles. The van der Waals surface area contributed by atoms with Crippen molar-refractivity contribution in [1.82, 2.24) is 4.90 Å². The number of nitrogens with two attached hydrogens (primary N) is 1. The Morgan fingerprint density at radius 2 is 1.19 bits per heavy atom. The molecule has 0 heterocycles. The lowest BCUT2D eigenvalue weighted by atomic mass is 10.3. The van der Waals surface area contributed by atoms with E-state index in [1.165, 1.54) is 4.90 Å². The molecule has 0 spiro atoms. The molecule has 0 amide bonds. The van der Waals surface area contributed by atoms with E-state index >= 15 is 0 Å². The van der Waals surface area contributed by atoms with E-state index < -0.39 is 17.9 Å². The number of hydrogen-bond acceptors (Lipinski definition) is 5. The second-order valence-electron chi connectivity index (χ2n) is 4.56. The summed E-state index contributed by atoms with van der Waals surface area (Å²) in [6.07, 6.45) is 0. The molecule has 0 bridgehead atoms. The quantitative estimate of drug-likeness (QED) is 0.517. The van der Waals surface area contributed by atoms with E-state index in [0.717, 1.165) is 0 Å². The molecule has 0 saturated heterocycles. The smallest absolute Gasteiger partial charge is 0.318 e. The third kappa shape index (κ3) is 32.3. The number of rotatable bonds is 6. The molecule has 0 aliphatic rings. The maximum absolute atomic E-state index is 10.3. The van der Waals surface area contributed by atoms with Gasteiger partial charge in [0.25, 0.3) is 0 Å². The van der Waals surface area contributed by atoms with Crippen LogP contribution in [0.15, 0.2) is 0 Å². The number of carbonyl (C=O) groups is 3. The van der Waals surface area contributed by atoms with Gasteiger partial charge in [-0.05, 0) is 19.9 Å². The number of carboxylic acids is 3. The monoisotopic (exact) mass is 328 g/mol. The molecule has 126 valence electrons. The maximum atomic E-state index is 10.3. The van der Waals surface area contributed by atoms with Crippen LogP contribution in [-0.2, 0) is 14.4 Å². The van der Waals surface area contributed by atoms with Crippen molar-refractivity contribution in [3.05, 3.63) is 0 Å². The molecule has 0 radical (unpaired) electrons. The normalized spacial score (nSPS) is 9.57. The van der Waals surface area contributed by atoms with Crippen LogP contribution in [0.3, 0.4) is 0 Å². The Bertz CT molecular complexity index is 291. The Morgan fingerprint density at radius 1 is 0.952 bits per heavy atom. The molecule has 0 aromatic carbocycles. The first-order chi connectivity index (χ1) is 9.43. The van der Waals surface area contributed by atoms with Gasteiger partial charge in [0.1, 0.15) is 5.88 Å². The van der Waals surface area contributed by atoms with Crippen molar-refractivity contribution >= 4 is 29.5 Å². The predicted octanol–water partition coefficient (Wildman–Crippen LogP) is 0.529. The van der Waals surface area contributed by atoms with Gasteiger partial charge >= 0.3 is 17.9 Å². The Morgan fingerprint density at radius 3 is 1.29 bits per heavy atom. The van der Waals surface area contributed by atoms with Crippen molar-refractivity contribution in [3.8, 4) is 0 Å². The highest BCUT2D eigenvalue weighted by atomic mass is 35.5. The summed E-state index contributed by atoms with van der Waals surface area (Å²) in [4.78, 5) is 31.1. The number of carboxylic acid groups (broad SMARTS) is 3. The zero-order valence-corrected chi connectivity index (χ0v) is 13.5. The molecule has 0 unspecified atom stereocenters. The molecule has 0 rings (SSSR count). The van der Waals surface area contributed by atoms with Gasteiger partial charge in [-0.2, -0.15) is 0 Å². The summed E-state index contributed by atoms with van der Waals surface area (Å²) >= 11 is 4.74. The van der Waals surface area contributed by atoms with Gasteiger partial charge in [-0.3, -0.25) is 19.3 Å². The van der Waals surface area contributed by atoms with Gasteiger partial charge in [-0.1, -0.05) is 13.8 Å². The molecule has 8 nitrogen and oxygen atoms in total. The molecule has 5 N–H and O–H groups in total. The van der Waals surface area contributed by atoms with E-state index in [1.54, 1.807) is 13.8 Å². The van der Waals surface area contributed by atoms with Crippen molar-refractivity contribution in [1.29, 1.82) is 0 Å². The molecule has 0 saturated carbocycles. The predicted molar refractivity (Wildman–Crippen MR) is 79.7 cm³/mol. The lowest BCUT2D eigenvalue weighted by molar-refractivity contribution is -0.142. The first-order valence-electron chi connectivity index (χ1n) is 6.14. The largest absolute Gasteiger partial charge is 0.480 e. The van der Waals surface area contributed by atoms with Crippen LogP contribution in [0.2, 0.25) is 0 Å². The molecule has 21 heavy (non-hydrogen) atoms. The fourth-order valence-corrected chi connectivity index (χ4v) is 0.769.